The van der Waals surface area contributed by atoms with Gasteiger partial charge in [-0.15, -0.1) is 0 Å². The Morgan fingerprint density at radius 3 is 2.37 bits per heavy atom. The first-order chi connectivity index (χ1) is 9.09. The maximum absolute atomic E-state index is 12.2. The van der Waals surface area contributed by atoms with Crippen molar-refractivity contribution in [2.45, 2.75) is 6.92 Å². The molecule has 0 heterocycles. The number of carbonyl (C=O) groups excluding carboxylic acids is 2. The molecule has 0 aromatic heterocycles. The van der Waals surface area contributed by atoms with Crippen LogP contribution in [-0.2, 0) is 9.53 Å². The molecule has 3 rings (SSSR count). The van der Waals surface area contributed by atoms with Crippen LogP contribution in [0.3, 0.4) is 0 Å². The monoisotopic (exact) mass is 272 g/mol. The van der Waals surface area contributed by atoms with Crippen molar-refractivity contribution in [3.8, 4) is 0 Å². The molecule has 94 valence electrons. The average Bonchev–Trinajstić information content (AvgIpc) is 2.40. The molecule has 0 radical (unpaired) electrons. The van der Waals surface area contributed by atoms with E-state index in [1.54, 1.807) is 18.2 Å². The summed E-state index contributed by atoms with van der Waals surface area (Å²) in [5.41, 5.74) is 1.21. The fraction of sp³-hybridized carbons (Fsp3) is 0.0667. The highest BCUT2D eigenvalue weighted by Gasteiger charge is 2.28. The number of ether oxygens (including phenoxy) is 1. The van der Waals surface area contributed by atoms with Gasteiger partial charge >= 0.3 is 5.97 Å². The van der Waals surface area contributed by atoms with Gasteiger partial charge in [0.15, 0.2) is 5.76 Å². The molecule has 1 aliphatic carbocycles. The summed E-state index contributed by atoms with van der Waals surface area (Å²) in [6, 6.07) is 11.0. The Morgan fingerprint density at radius 1 is 1.11 bits per heavy atom. The van der Waals surface area contributed by atoms with Gasteiger partial charge in [-0.2, -0.15) is 0 Å². The molecule has 0 saturated carbocycles. The van der Waals surface area contributed by atoms with Crippen LogP contribution in [0.5, 0.6) is 0 Å². The first kappa shape index (κ1) is 11.9. The number of hydrogen-bond acceptors (Lipinski definition) is 3. The Bertz CT molecular complexity index is 754. The van der Waals surface area contributed by atoms with E-state index in [2.05, 4.69) is 0 Å². The summed E-state index contributed by atoms with van der Waals surface area (Å²) in [4.78, 5) is 23.4. The molecule has 0 amide bonds. The number of carbonyl (C=O) groups is 2. The summed E-state index contributed by atoms with van der Waals surface area (Å²) in [5, 5.41) is 1.63. The molecular formula is C15H9ClO3. The van der Waals surface area contributed by atoms with E-state index in [0.717, 1.165) is 10.8 Å². The van der Waals surface area contributed by atoms with Crippen LogP contribution in [0.2, 0.25) is 0 Å². The molecule has 0 aliphatic heterocycles. The summed E-state index contributed by atoms with van der Waals surface area (Å²) >= 11 is 6.04. The summed E-state index contributed by atoms with van der Waals surface area (Å²) in [5.74, 6) is -0.678. The average molecular weight is 273 g/mol. The highest BCUT2D eigenvalue weighted by atomic mass is 35.5. The van der Waals surface area contributed by atoms with Crippen molar-refractivity contribution in [1.82, 2.24) is 0 Å². The maximum atomic E-state index is 12.2. The van der Waals surface area contributed by atoms with E-state index in [-0.39, 0.29) is 16.6 Å². The molecule has 0 saturated heterocycles. The van der Waals surface area contributed by atoms with Gasteiger partial charge in [0.2, 0.25) is 5.78 Å². The Kier molecular flexibility index (Phi) is 2.64. The second-order valence-corrected chi connectivity index (χ2v) is 4.65. The van der Waals surface area contributed by atoms with Gasteiger partial charge in [0.25, 0.3) is 0 Å². The third-order valence-corrected chi connectivity index (χ3v) is 3.38. The number of Topliss-reactive ketones (excluding diaryl/α,β-unsaturated/α-hetero) is 1. The molecule has 0 atom stereocenters. The lowest BCUT2D eigenvalue weighted by atomic mass is 9.91. The molecule has 1 aliphatic rings. The van der Waals surface area contributed by atoms with Gasteiger partial charge in [-0.05, 0) is 5.39 Å². The Balaban J connectivity index is 2.39. The molecule has 0 spiro atoms. The molecule has 0 bridgehead atoms. The third kappa shape index (κ3) is 1.74. The minimum Gasteiger partial charge on any atom is -0.424 e. The van der Waals surface area contributed by atoms with Crippen molar-refractivity contribution in [2.75, 3.05) is 0 Å². The van der Waals surface area contributed by atoms with Gasteiger partial charge in [0.1, 0.15) is 5.03 Å². The van der Waals surface area contributed by atoms with Crippen molar-refractivity contribution in [3.05, 3.63) is 52.6 Å². The molecule has 19 heavy (non-hydrogen) atoms. The molecule has 0 fully saturated rings. The molecule has 2 aromatic rings. The van der Waals surface area contributed by atoms with E-state index in [9.17, 15) is 9.59 Å². The van der Waals surface area contributed by atoms with E-state index in [0.29, 0.717) is 11.1 Å². The fourth-order valence-corrected chi connectivity index (χ4v) is 2.54. The van der Waals surface area contributed by atoms with E-state index >= 15 is 0 Å². The van der Waals surface area contributed by atoms with E-state index in [1.807, 2.05) is 18.2 Å². The van der Waals surface area contributed by atoms with Gasteiger partial charge in [0.05, 0.1) is 0 Å². The number of esters is 1. The molecule has 0 N–H and O–H groups in total. The quantitative estimate of drug-likeness (QED) is 0.746. The maximum Gasteiger partial charge on any atom is 0.308 e. The minimum atomic E-state index is -0.502. The van der Waals surface area contributed by atoms with Crippen molar-refractivity contribution >= 4 is 39.9 Å². The number of rotatable bonds is 1. The van der Waals surface area contributed by atoms with Crippen molar-refractivity contribution in [3.63, 3.8) is 0 Å². The topological polar surface area (TPSA) is 43.4 Å². The second kappa shape index (κ2) is 4.21. The molecular weight excluding hydrogens is 264 g/mol. The summed E-state index contributed by atoms with van der Waals surface area (Å²) < 4.78 is 5.11. The molecule has 0 unspecified atom stereocenters. The van der Waals surface area contributed by atoms with Crippen LogP contribution in [0.25, 0.3) is 16.5 Å². The fourth-order valence-electron chi connectivity index (χ4n) is 2.30. The van der Waals surface area contributed by atoms with Crippen LogP contribution in [0.1, 0.15) is 22.8 Å². The van der Waals surface area contributed by atoms with Gasteiger partial charge < -0.3 is 4.74 Å². The van der Waals surface area contributed by atoms with E-state index in [1.165, 1.54) is 6.92 Å². The Labute approximate surface area is 114 Å². The van der Waals surface area contributed by atoms with Crippen LogP contribution in [-0.4, -0.2) is 11.8 Å². The first-order valence-corrected chi connectivity index (χ1v) is 6.12. The van der Waals surface area contributed by atoms with E-state index < -0.39 is 5.97 Å². The van der Waals surface area contributed by atoms with Crippen molar-refractivity contribution in [1.29, 1.82) is 0 Å². The smallest absolute Gasteiger partial charge is 0.308 e. The predicted molar refractivity (Wildman–Crippen MR) is 72.8 cm³/mol. The number of ketones is 1. The number of hydrogen-bond donors (Lipinski definition) is 0. The molecule has 4 heteroatoms. The van der Waals surface area contributed by atoms with Gasteiger partial charge in [-0.25, -0.2) is 0 Å². The van der Waals surface area contributed by atoms with Crippen molar-refractivity contribution < 1.29 is 14.3 Å². The van der Waals surface area contributed by atoms with Crippen LogP contribution in [0.4, 0.5) is 0 Å². The lowest BCUT2D eigenvalue weighted by Gasteiger charge is -2.19. The highest BCUT2D eigenvalue weighted by Crippen LogP contribution is 2.38. The van der Waals surface area contributed by atoms with Crippen molar-refractivity contribution in [2.24, 2.45) is 0 Å². The molecule has 3 nitrogen and oxygen atoms in total. The largest absolute Gasteiger partial charge is 0.424 e. The summed E-state index contributed by atoms with van der Waals surface area (Å²) in [6.45, 7) is 1.28. The second-order valence-electron chi connectivity index (χ2n) is 4.28. The first-order valence-electron chi connectivity index (χ1n) is 5.74. The lowest BCUT2D eigenvalue weighted by molar-refractivity contribution is -0.134. The zero-order valence-corrected chi connectivity index (χ0v) is 10.8. The zero-order valence-electron chi connectivity index (χ0n) is 10.1. The van der Waals surface area contributed by atoms with Gasteiger partial charge in [0, 0.05) is 23.4 Å². The molecule has 2 aromatic carbocycles. The highest BCUT2D eigenvalue weighted by molar-refractivity contribution is 6.50. The lowest BCUT2D eigenvalue weighted by Crippen LogP contribution is -2.12. The van der Waals surface area contributed by atoms with Crippen LogP contribution < -0.4 is 0 Å². The Hall–Kier alpha value is -2.13. The van der Waals surface area contributed by atoms with Crippen LogP contribution >= 0.6 is 11.6 Å². The number of halogens is 1. The van der Waals surface area contributed by atoms with Crippen LogP contribution in [0.15, 0.2) is 41.4 Å². The van der Waals surface area contributed by atoms with E-state index in [4.69, 9.17) is 16.3 Å². The van der Waals surface area contributed by atoms with Crippen LogP contribution in [0, 0.1) is 0 Å². The standard InChI is InChI=1S/C15H9ClO3/c1-8(17)19-15-11-7-3-5-9-4-2-6-10(12(9)11)14(18)13(15)16/h2-7H,1H3. The number of allylic oxidation sites excluding steroid dienone is 1. The SMILES string of the molecule is CC(=O)OC1=C(Cl)C(=O)c2cccc3cccc1c23. The predicted octanol–water partition coefficient (Wildman–Crippen LogP) is 3.51. The normalized spacial score (nSPS) is 13.9. The zero-order chi connectivity index (χ0) is 13.6. The summed E-state index contributed by atoms with van der Waals surface area (Å²) in [7, 11) is 0. The van der Waals surface area contributed by atoms with Gasteiger partial charge in [-0.1, -0.05) is 48.0 Å². The Morgan fingerprint density at radius 2 is 1.74 bits per heavy atom. The summed E-state index contributed by atoms with van der Waals surface area (Å²) in [6.07, 6.45) is 0. The minimum absolute atomic E-state index is 0.0543. The van der Waals surface area contributed by atoms with Gasteiger partial charge in [-0.3, -0.25) is 9.59 Å². The third-order valence-electron chi connectivity index (χ3n) is 3.04. The number of benzene rings is 2.